The lowest BCUT2D eigenvalue weighted by molar-refractivity contribution is 0.454. The fourth-order valence-electron chi connectivity index (χ4n) is 2.48. The number of benzene rings is 2. The van der Waals surface area contributed by atoms with Gasteiger partial charge in [0.2, 0.25) is 5.88 Å². The van der Waals surface area contributed by atoms with Crippen molar-refractivity contribution < 1.29 is 13.5 Å². The fraction of sp³-hybridized carbons (Fsp3) is 0.238. The van der Waals surface area contributed by atoms with E-state index in [-0.39, 0.29) is 11.3 Å². The van der Waals surface area contributed by atoms with Crippen LogP contribution < -0.4 is 4.74 Å². The van der Waals surface area contributed by atoms with Gasteiger partial charge in [-0.15, -0.1) is 0 Å². The molecule has 0 fully saturated rings. The van der Waals surface area contributed by atoms with Crippen molar-refractivity contribution in [3.05, 3.63) is 77.0 Å². The van der Waals surface area contributed by atoms with Gasteiger partial charge in [-0.05, 0) is 42.7 Å². The van der Waals surface area contributed by atoms with Crippen LogP contribution in [0.4, 0.5) is 8.78 Å². The average Bonchev–Trinajstić information content (AvgIpc) is 2.61. The van der Waals surface area contributed by atoms with Crippen LogP contribution in [-0.4, -0.2) is 9.97 Å². The predicted octanol–water partition coefficient (Wildman–Crippen LogP) is 6.27. The highest BCUT2D eigenvalue weighted by Gasteiger charge is 2.11. The first-order chi connectivity index (χ1) is 12.9. The number of halogens is 2. The Morgan fingerprint density at radius 2 is 1.67 bits per heavy atom. The van der Waals surface area contributed by atoms with Crippen molar-refractivity contribution >= 4 is 11.8 Å². The van der Waals surface area contributed by atoms with E-state index >= 15 is 0 Å². The SMILES string of the molecule is Cc1cc(Oc2ccc(C(C)C)cc2)nc(SCc2c(F)cccc2F)n1. The zero-order chi connectivity index (χ0) is 19.4. The molecular formula is C21H20F2N2OS. The molecule has 0 atom stereocenters. The third-order valence-corrected chi connectivity index (χ3v) is 4.86. The van der Waals surface area contributed by atoms with Gasteiger partial charge in [0.05, 0.1) is 0 Å². The Kier molecular flexibility index (Phi) is 6.06. The van der Waals surface area contributed by atoms with Crippen molar-refractivity contribution in [3.63, 3.8) is 0 Å². The van der Waals surface area contributed by atoms with Gasteiger partial charge in [-0.1, -0.05) is 43.8 Å². The van der Waals surface area contributed by atoms with E-state index < -0.39 is 11.6 Å². The maximum absolute atomic E-state index is 13.8. The Labute approximate surface area is 161 Å². The molecule has 0 aliphatic carbocycles. The molecule has 0 spiro atoms. The number of thioether (sulfide) groups is 1. The molecule has 0 unspecified atom stereocenters. The van der Waals surface area contributed by atoms with Crippen LogP contribution in [-0.2, 0) is 5.75 Å². The molecule has 3 aromatic rings. The lowest BCUT2D eigenvalue weighted by atomic mass is 10.0. The molecule has 2 aromatic carbocycles. The molecule has 140 valence electrons. The molecule has 6 heteroatoms. The number of aromatic nitrogens is 2. The second-order valence-corrected chi connectivity index (χ2v) is 7.39. The van der Waals surface area contributed by atoms with Crippen LogP contribution in [0.15, 0.2) is 53.7 Å². The highest BCUT2D eigenvalue weighted by molar-refractivity contribution is 7.98. The van der Waals surface area contributed by atoms with Crippen LogP contribution in [0, 0.1) is 18.6 Å². The molecule has 0 aliphatic rings. The van der Waals surface area contributed by atoms with Crippen LogP contribution >= 0.6 is 11.8 Å². The van der Waals surface area contributed by atoms with Crippen molar-refractivity contribution in [2.24, 2.45) is 0 Å². The summed E-state index contributed by atoms with van der Waals surface area (Å²) in [5.41, 5.74) is 1.96. The van der Waals surface area contributed by atoms with Crippen molar-refractivity contribution in [3.8, 4) is 11.6 Å². The summed E-state index contributed by atoms with van der Waals surface area (Å²) >= 11 is 1.16. The summed E-state index contributed by atoms with van der Waals surface area (Å²) in [4.78, 5) is 8.66. The van der Waals surface area contributed by atoms with Crippen molar-refractivity contribution in [1.29, 1.82) is 0 Å². The number of nitrogens with zero attached hydrogens (tertiary/aromatic N) is 2. The van der Waals surface area contributed by atoms with Crippen molar-refractivity contribution in [2.45, 2.75) is 37.6 Å². The third kappa shape index (κ3) is 5.04. The van der Waals surface area contributed by atoms with Crippen molar-refractivity contribution in [1.82, 2.24) is 9.97 Å². The maximum Gasteiger partial charge on any atom is 0.223 e. The normalized spacial score (nSPS) is 11.0. The topological polar surface area (TPSA) is 35.0 Å². The van der Waals surface area contributed by atoms with E-state index in [0.29, 0.717) is 22.7 Å². The minimum Gasteiger partial charge on any atom is -0.439 e. The van der Waals surface area contributed by atoms with Gasteiger partial charge in [0, 0.05) is 23.1 Å². The van der Waals surface area contributed by atoms with Gasteiger partial charge in [0.25, 0.3) is 0 Å². The van der Waals surface area contributed by atoms with Gasteiger partial charge in [-0.25, -0.2) is 13.8 Å². The summed E-state index contributed by atoms with van der Waals surface area (Å²) in [5.74, 6) is 0.477. The van der Waals surface area contributed by atoms with Gasteiger partial charge in [0.1, 0.15) is 17.4 Å². The maximum atomic E-state index is 13.8. The quantitative estimate of drug-likeness (QED) is 0.369. The molecule has 0 radical (unpaired) electrons. The number of aryl methyl sites for hydroxylation is 1. The first-order valence-corrected chi connectivity index (χ1v) is 9.60. The van der Waals surface area contributed by atoms with Gasteiger partial charge in [-0.3, -0.25) is 0 Å². The zero-order valence-electron chi connectivity index (χ0n) is 15.4. The highest BCUT2D eigenvalue weighted by Crippen LogP contribution is 2.27. The van der Waals surface area contributed by atoms with Crippen LogP contribution in [0.25, 0.3) is 0 Å². The lowest BCUT2D eigenvalue weighted by Gasteiger charge is -2.10. The Morgan fingerprint density at radius 3 is 2.30 bits per heavy atom. The summed E-state index contributed by atoms with van der Waals surface area (Å²) in [7, 11) is 0. The molecule has 0 N–H and O–H groups in total. The highest BCUT2D eigenvalue weighted by atomic mass is 32.2. The predicted molar refractivity (Wildman–Crippen MR) is 103 cm³/mol. The molecule has 0 aliphatic heterocycles. The smallest absolute Gasteiger partial charge is 0.223 e. The molecule has 0 amide bonds. The van der Waals surface area contributed by atoms with Crippen LogP contribution in [0.2, 0.25) is 0 Å². The number of rotatable bonds is 6. The van der Waals surface area contributed by atoms with Gasteiger partial charge < -0.3 is 4.74 Å². The van der Waals surface area contributed by atoms with E-state index in [1.807, 2.05) is 31.2 Å². The fourth-order valence-corrected chi connectivity index (χ4v) is 3.39. The molecule has 0 bridgehead atoms. The Balaban J connectivity index is 1.74. The molecule has 1 heterocycles. The molecule has 1 aromatic heterocycles. The average molecular weight is 386 g/mol. The minimum absolute atomic E-state index is 0.0133. The van der Waals surface area contributed by atoms with E-state index in [4.69, 9.17) is 4.74 Å². The zero-order valence-corrected chi connectivity index (χ0v) is 16.2. The first kappa shape index (κ1) is 19.3. The molecule has 3 nitrogen and oxygen atoms in total. The number of hydrogen-bond acceptors (Lipinski definition) is 4. The second kappa shape index (κ2) is 8.48. The first-order valence-electron chi connectivity index (χ1n) is 8.61. The van der Waals surface area contributed by atoms with Gasteiger partial charge >= 0.3 is 0 Å². The number of hydrogen-bond donors (Lipinski definition) is 0. The molecular weight excluding hydrogens is 366 g/mol. The molecule has 0 saturated carbocycles. The molecule has 27 heavy (non-hydrogen) atoms. The van der Waals surface area contributed by atoms with Crippen molar-refractivity contribution in [2.75, 3.05) is 0 Å². The Bertz CT molecular complexity index is 910. The van der Waals surface area contributed by atoms with Gasteiger partial charge in [0.15, 0.2) is 5.16 Å². The second-order valence-electron chi connectivity index (χ2n) is 6.44. The monoisotopic (exact) mass is 386 g/mol. The largest absolute Gasteiger partial charge is 0.439 e. The summed E-state index contributed by atoms with van der Waals surface area (Å²) in [5, 5.41) is 0.409. The lowest BCUT2D eigenvalue weighted by Crippen LogP contribution is -1.97. The summed E-state index contributed by atoms with van der Waals surface area (Å²) in [6.07, 6.45) is 0. The summed E-state index contributed by atoms with van der Waals surface area (Å²) < 4.78 is 33.4. The van der Waals surface area contributed by atoms with Crippen LogP contribution in [0.3, 0.4) is 0 Å². The summed E-state index contributed by atoms with van der Waals surface area (Å²) in [6.45, 7) is 6.08. The Morgan fingerprint density at radius 1 is 1.00 bits per heavy atom. The molecule has 0 saturated heterocycles. The van der Waals surface area contributed by atoms with Crippen LogP contribution in [0.5, 0.6) is 11.6 Å². The molecule has 3 rings (SSSR count). The standard InChI is InChI=1S/C21H20F2N2OS/c1-13(2)15-7-9-16(10-8-15)26-20-11-14(3)24-21(25-20)27-12-17-18(22)5-4-6-19(17)23/h4-11,13H,12H2,1-3H3. The van der Waals surface area contributed by atoms with Gasteiger partial charge in [-0.2, -0.15) is 4.98 Å². The number of ether oxygens (including phenoxy) is 1. The van der Waals surface area contributed by atoms with E-state index in [9.17, 15) is 8.78 Å². The van der Waals surface area contributed by atoms with E-state index in [2.05, 4.69) is 23.8 Å². The van der Waals surface area contributed by atoms with E-state index in [1.165, 1.54) is 23.8 Å². The van der Waals surface area contributed by atoms with E-state index in [0.717, 1.165) is 17.5 Å². The summed E-state index contributed by atoms with van der Waals surface area (Å²) in [6, 6.07) is 13.4. The third-order valence-electron chi connectivity index (χ3n) is 3.99. The Hall–Kier alpha value is -2.47. The minimum atomic E-state index is -0.572. The van der Waals surface area contributed by atoms with E-state index in [1.54, 1.807) is 6.07 Å². The van der Waals surface area contributed by atoms with Crippen LogP contribution in [0.1, 0.15) is 36.6 Å².